The molecule has 40 heavy (non-hydrogen) atoms. The second-order valence-electron chi connectivity index (χ2n) is 15.2. The van der Waals surface area contributed by atoms with Gasteiger partial charge in [-0.1, -0.05) is 39.5 Å². The summed E-state index contributed by atoms with van der Waals surface area (Å²) in [5.41, 5.74) is -0.00403. The van der Waals surface area contributed by atoms with Crippen LogP contribution in [-0.4, -0.2) is 69.2 Å². The summed E-state index contributed by atoms with van der Waals surface area (Å²) >= 11 is 0. The van der Waals surface area contributed by atoms with Crippen molar-refractivity contribution < 1.29 is 19.1 Å². The van der Waals surface area contributed by atoms with Gasteiger partial charge < -0.3 is 9.47 Å². The van der Waals surface area contributed by atoms with E-state index < -0.39 is 0 Å². The molecule has 0 bridgehead atoms. The number of ether oxygens (including phenoxy) is 2. The summed E-state index contributed by atoms with van der Waals surface area (Å²) in [6, 6.07) is 0. The highest BCUT2D eigenvalue weighted by Gasteiger charge is 2.47. The van der Waals surface area contributed by atoms with Gasteiger partial charge in [0.1, 0.15) is 12.2 Å². The summed E-state index contributed by atoms with van der Waals surface area (Å²) < 4.78 is 11.9. The number of unbranched alkanes of at least 4 members (excludes halogenated alkanes) is 5. The molecule has 6 nitrogen and oxygen atoms in total. The second kappa shape index (κ2) is 14.8. The van der Waals surface area contributed by atoms with Gasteiger partial charge >= 0.3 is 11.9 Å². The Labute approximate surface area is 247 Å². The molecule has 2 aliphatic heterocycles. The Morgan fingerprint density at radius 2 is 0.850 bits per heavy atom. The van der Waals surface area contributed by atoms with Crippen LogP contribution in [-0.2, 0) is 19.1 Å². The number of carbonyl (C=O) groups is 2. The van der Waals surface area contributed by atoms with Gasteiger partial charge in [0.25, 0.3) is 0 Å². The van der Waals surface area contributed by atoms with Gasteiger partial charge in [0, 0.05) is 60.7 Å². The van der Waals surface area contributed by atoms with Crippen molar-refractivity contribution in [3.05, 3.63) is 0 Å². The summed E-state index contributed by atoms with van der Waals surface area (Å²) in [6.07, 6.45) is 12.8. The van der Waals surface area contributed by atoms with Gasteiger partial charge in [-0.05, 0) is 94.2 Å². The Balaban J connectivity index is 1.74. The molecule has 2 aliphatic rings. The van der Waals surface area contributed by atoms with E-state index in [9.17, 15) is 9.59 Å². The second-order valence-corrected chi connectivity index (χ2v) is 15.2. The first-order chi connectivity index (χ1) is 18.5. The van der Waals surface area contributed by atoms with Crippen molar-refractivity contribution in [1.82, 2.24) is 9.80 Å². The maximum Gasteiger partial charge on any atom is 0.306 e. The monoisotopic (exact) mass is 564 g/mol. The molecule has 0 spiro atoms. The number of nitrogens with zero attached hydrogens (tertiary/aromatic N) is 2. The first kappa shape index (κ1) is 35.1. The average molecular weight is 565 g/mol. The molecule has 2 saturated heterocycles. The molecule has 0 amide bonds. The minimum Gasteiger partial charge on any atom is -0.462 e. The minimum absolute atomic E-state index is 0.00101. The molecular formula is C34H64N2O4. The lowest BCUT2D eigenvalue weighted by atomic mass is 9.78. The number of rotatable bonds is 15. The summed E-state index contributed by atoms with van der Waals surface area (Å²) in [6.45, 7) is 24.9. The van der Waals surface area contributed by atoms with E-state index in [0.29, 0.717) is 25.7 Å². The van der Waals surface area contributed by atoms with Crippen LogP contribution in [0.5, 0.6) is 0 Å². The van der Waals surface area contributed by atoms with Crippen LogP contribution in [0, 0.1) is 0 Å². The Morgan fingerprint density at radius 3 is 1.12 bits per heavy atom. The van der Waals surface area contributed by atoms with Crippen LogP contribution in [0.2, 0.25) is 0 Å². The fourth-order valence-electron chi connectivity index (χ4n) is 7.90. The van der Waals surface area contributed by atoms with Crippen LogP contribution in [0.25, 0.3) is 0 Å². The molecule has 0 aliphatic carbocycles. The number of hydrogen-bond acceptors (Lipinski definition) is 6. The predicted octanol–water partition coefficient (Wildman–Crippen LogP) is 8.06. The number of esters is 2. The van der Waals surface area contributed by atoms with Crippen molar-refractivity contribution in [1.29, 1.82) is 0 Å². The molecule has 0 aromatic carbocycles. The van der Waals surface area contributed by atoms with Crippen LogP contribution in [0.3, 0.4) is 0 Å². The Bertz CT molecular complexity index is 702. The highest BCUT2D eigenvalue weighted by atomic mass is 16.5. The van der Waals surface area contributed by atoms with E-state index in [1.54, 1.807) is 0 Å². The summed E-state index contributed by atoms with van der Waals surface area (Å²) in [7, 11) is 0. The first-order valence-corrected chi connectivity index (χ1v) is 16.5. The normalized spacial score (nSPS) is 23.1. The molecule has 0 aromatic heterocycles. The van der Waals surface area contributed by atoms with Crippen LogP contribution in [0.15, 0.2) is 0 Å². The first-order valence-electron chi connectivity index (χ1n) is 16.5. The molecule has 0 unspecified atom stereocenters. The third kappa shape index (κ3) is 10.3. The largest absolute Gasteiger partial charge is 0.462 e. The van der Waals surface area contributed by atoms with Crippen molar-refractivity contribution in [3.8, 4) is 0 Å². The smallest absolute Gasteiger partial charge is 0.306 e. The fraction of sp³-hybridized carbons (Fsp3) is 0.941. The maximum atomic E-state index is 12.7. The van der Waals surface area contributed by atoms with Gasteiger partial charge in [0.2, 0.25) is 0 Å². The van der Waals surface area contributed by atoms with Gasteiger partial charge in [0.05, 0.1) is 0 Å². The zero-order valence-corrected chi connectivity index (χ0v) is 28.0. The summed E-state index contributed by atoms with van der Waals surface area (Å²) in [4.78, 5) is 30.6. The molecule has 2 fully saturated rings. The van der Waals surface area contributed by atoms with E-state index in [1.807, 2.05) is 0 Å². The summed E-state index contributed by atoms with van der Waals surface area (Å²) in [5.74, 6) is -0.272. The molecule has 234 valence electrons. The van der Waals surface area contributed by atoms with Gasteiger partial charge in [-0.25, -0.2) is 0 Å². The van der Waals surface area contributed by atoms with Crippen molar-refractivity contribution >= 4 is 11.9 Å². The van der Waals surface area contributed by atoms with Crippen molar-refractivity contribution in [2.24, 2.45) is 0 Å². The third-order valence-electron chi connectivity index (χ3n) is 9.41. The minimum atomic E-state index is -0.136. The molecular weight excluding hydrogens is 500 g/mol. The van der Waals surface area contributed by atoms with E-state index in [2.05, 4.69) is 79.0 Å². The highest BCUT2D eigenvalue weighted by Crippen LogP contribution is 2.41. The Morgan fingerprint density at radius 1 is 0.550 bits per heavy atom. The van der Waals surface area contributed by atoms with Gasteiger partial charge in [-0.3, -0.25) is 19.4 Å². The van der Waals surface area contributed by atoms with Crippen LogP contribution < -0.4 is 0 Å². The van der Waals surface area contributed by atoms with Gasteiger partial charge in [0.15, 0.2) is 0 Å². The standard InChI is InChI=1S/C34H64N2O4/c1-11-13-17-21-35-31(3,4)23-27(24-32(35,5)6)39-29(37)19-15-16-20-30(38)40-28-25-33(7,8)36(22-18-14-12-2)34(9,10)26-28/h27-28H,11-26H2,1-10H3. The average Bonchev–Trinajstić information content (AvgIpc) is 2.79. The number of hydrogen-bond donors (Lipinski definition) is 0. The fourth-order valence-corrected chi connectivity index (χ4v) is 7.90. The van der Waals surface area contributed by atoms with Crippen LogP contribution >= 0.6 is 0 Å². The highest BCUT2D eigenvalue weighted by molar-refractivity contribution is 5.71. The molecule has 6 heteroatoms. The topological polar surface area (TPSA) is 59.1 Å². The van der Waals surface area contributed by atoms with Crippen molar-refractivity contribution in [3.63, 3.8) is 0 Å². The maximum absolute atomic E-state index is 12.7. The van der Waals surface area contributed by atoms with Crippen LogP contribution in [0.4, 0.5) is 0 Å². The van der Waals surface area contributed by atoms with Crippen molar-refractivity contribution in [2.75, 3.05) is 13.1 Å². The Kier molecular flexibility index (Phi) is 13.0. The SMILES string of the molecule is CCCCCN1C(C)(C)CC(OC(=O)CCCCC(=O)OC2CC(C)(C)N(CCCCC)C(C)(C)C2)CC1(C)C. The molecule has 0 aromatic rings. The summed E-state index contributed by atoms with van der Waals surface area (Å²) in [5, 5.41) is 0. The molecule has 2 heterocycles. The lowest BCUT2D eigenvalue weighted by Gasteiger charge is -2.55. The third-order valence-corrected chi connectivity index (χ3v) is 9.41. The molecule has 0 N–H and O–H groups in total. The number of carbonyl (C=O) groups excluding carboxylic acids is 2. The number of likely N-dealkylation sites (tertiary alicyclic amines) is 2. The van der Waals surface area contributed by atoms with Crippen LogP contribution in [0.1, 0.15) is 159 Å². The lowest BCUT2D eigenvalue weighted by molar-refractivity contribution is -0.163. The zero-order valence-electron chi connectivity index (χ0n) is 28.0. The molecule has 2 rings (SSSR count). The Hall–Kier alpha value is -1.14. The lowest BCUT2D eigenvalue weighted by Crippen LogP contribution is -2.62. The van der Waals surface area contributed by atoms with Gasteiger partial charge in [-0.15, -0.1) is 0 Å². The van der Waals surface area contributed by atoms with E-state index in [4.69, 9.17) is 9.47 Å². The van der Waals surface area contributed by atoms with E-state index in [1.165, 1.54) is 38.5 Å². The zero-order chi connectivity index (χ0) is 30.2. The van der Waals surface area contributed by atoms with Crippen molar-refractivity contribution in [2.45, 2.75) is 193 Å². The molecule has 0 atom stereocenters. The van der Waals surface area contributed by atoms with E-state index >= 15 is 0 Å². The molecule has 0 saturated carbocycles. The van der Waals surface area contributed by atoms with E-state index in [-0.39, 0.29) is 46.3 Å². The van der Waals surface area contributed by atoms with Gasteiger partial charge in [-0.2, -0.15) is 0 Å². The predicted molar refractivity (Wildman–Crippen MR) is 165 cm³/mol. The van der Waals surface area contributed by atoms with E-state index in [0.717, 1.165) is 38.8 Å². The molecule has 0 radical (unpaired) electrons. The number of piperidine rings is 2. The quantitative estimate of drug-likeness (QED) is 0.148.